The monoisotopic (exact) mass is 267 g/mol. The number of aryl methyl sites for hydroxylation is 2. The fourth-order valence-electron chi connectivity index (χ4n) is 2.46. The minimum atomic E-state index is 0.660. The van der Waals surface area contributed by atoms with Crippen LogP contribution in [-0.4, -0.2) is 16.5 Å². The van der Waals surface area contributed by atoms with Crippen molar-refractivity contribution in [1.82, 2.24) is 9.38 Å². The number of aromatic nitrogens is 2. The Bertz CT molecular complexity index is 790. The molecule has 0 fully saturated rings. The predicted octanol–water partition coefficient (Wildman–Crippen LogP) is 3.21. The van der Waals surface area contributed by atoms with Crippen molar-refractivity contribution >= 4 is 11.5 Å². The number of rotatable bonds is 2. The summed E-state index contributed by atoms with van der Waals surface area (Å²) in [5.74, 6) is 1.53. The summed E-state index contributed by atoms with van der Waals surface area (Å²) in [5, 5.41) is 0. The molecule has 2 N–H and O–H groups in total. The first kappa shape index (κ1) is 12.5. The van der Waals surface area contributed by atoms with Crippen molar-refractivity contribution < 1.29 is 4.74 Å². The van der Waals surface area contributed by atoms with Crippen molar-refractivity contribution in [2.45, 2.75) is 13.8 Å². The number of nitrogens with zero attached hydrogens (tertiary/aromatic N) is 2. The first-order valence-corrected chi connectivity index (χ1v) is 6.50. The molecule has 1 aromatic carbocycles. The lowest BCUT2D eigenvalue weighted by Gasteiger charge is -2.06. The number of anilines is 1. The van der Waals surface area contributed by atoms with Crippen LogP contribution in [-0.2, 0) is 0 Å². The summed E-state index contributed by atoms with van der Waals surface area (Å²) in [4.78, 5) is 4.68. The number of methoxy groups -OCH3 is 1. The van der Waals surface area contributed by atoms with E-state index in [-0.39, 0.29) is 0 Å². The molecule has 0 aliphatic rings. The van der Waals surface area contributed by atoms with Crippen LogP contribution >= 0.6 is 0 Å². The zero-order valence-electron chi connectivity index (χ0n) is 11.8. The summed E-state index contributed by atoms with van der Waals surface area (Å²) in [6, 6.07) is 9.99. The Morgan fingerprint density at radius 1 is 1.15 bits per heavy atom. The second-order valence-corrected chi connectivity index (χ2v) is 4.91. The Hall–Kier alpha value is -2.49. The van der Waals surface area contributed by atoms with Crippen LogP contribution < -0.4 is 10.5 Å². The number of nitrogen functional groups attached to an aromatic ring is 1. The average molecular weight is 267 g/mol. The summed E-state index contributed by atoms with van der Waals surface area (Å²) in [7, 11) is 1.67. The van der Waals surface area contributed by atoms with Crippen molar-refractivity contribution in [3.8, 4) is 17.0 Å². The molecule has 0 amide bonds. The first-order valence-electron chi connectivity index (χ1n) is 6.50. The Morgan fingerprint density at radius 2 is 1.95 bits per heavy atom. The molecule has 0 saturated heterocycles. The van der Waals surface area contributed by atoms with Crippen LogP contribution in [0.2, 0.25) is 0 Å². The van der Waals surface area contributed by atoms with Crippen LogP contribution in [0.15, 0.2) is 36.5 Å². The molecule has 0 radical (unpaired) electrons. The molecule has 3 aromatic rings. The number of hydrogen-bond donors (Lipinski definition) is 1. The third kappa shape index (κ3) is 1.81. The summed E-state index contributed by atoms with van der Waals surface area (Å²) in [5.41, 5.74) is 11.1. The summed E-state index contributed by atoms with van der Waals surface area (Å²) >= 11 is 0. The van der Waals surface area contributed by atoms with E-state index in [1.165, 1.54) is 0 Å². The molecule has 20 heavy (non-hydrogen) atoms. The van der Waals surface area contributed by atoms with Gasteiger partial charge < -0.3 is 10.5 Å². The molecule has 2 aromatic heterocycles. The molecule has 0 saturated carbocycles. The van der Waals surface area contributed by atoms with Crippen molar-refractivity contribution in [1.29, 1.82) is 0 Å². The number of benzene rings is 1. The van der Waals surface area contributed by atoms with Gasteiger partial charge in [0.15, 0.2) is 0 Å². The van der Waals surface area contributed by atoms with Crippen LogP contribution in [0.1, 0.15) is 11.1 Å². The number of nitrogens with two attached hydrogens (primary N) is 1. The quantitative estimate of drug-likeness (QED) is 0.775. The number of ether oxygens (including phenoxy) is 1. The molecule has 0 aliphatic carbocycles. The van der Waals surface area contributed by atoms with E-state index in [1.807, 2.05) is 54.8 Å². The van der Waals surface area contributed by atoms with E-state index in [0.29, 0.717) is 5.82 Å². The molecular weight excluding hydrogens is 250 g/mol. The highest BCUT2D eigenvalue weighted by atomic mass is 16.5. The largest absolute Gasteiger partial charge is 0.496 e. The summed E-state index contributed by atoms with van der Waals surface area (Å²) in [6.07, 6.45) is 1.94. The standard InChI is InChI=1S/C16H17N3O/c1-10-5-4-8-19-15(17)14(18-16(10)19)12-6-7-13(20-3)11(2)9-12/h4-9H,17H2,1-3H3. The lowest BCUT2D eigenvalue weighted by atomic mass is 10.1. The third-order valence-electron chi connectivity index (χ3n) is 3.55. The molecule has 0 aliphatic heterocycles. The minimum absolute atomic E-state index is 0.660. The normalized spacial score (nSPS) is 10.9. The molecule has 0 atom stereocenters. The Morgan fingerprint density at radius 3 is 2.60 bits per heavy atom. The Kier molecular flexibility index (Phi) is 2.86. The van der Waals surface area contributed by atoms with E-state index in [4.69, 9.17) is 10.5 Å². The van der Waals surface area contributed by atoms with E-state index in [0.717, 1.165) is 33.8 Å². The van der Waals surface area contributed by atoms with E-state index < -0.39 is 0 Å². The van der Waals surface area contributed by atoms with Gasteiger partial charge in [-0.1, -0.05) is 6.07 Å². The highest BCUT2D eigenvalue weighted by Gasteiger charge is 2.13. The number of hydrogen-bond acceptors (Lipinski definition) is 3. The summed E-state index contributed by atoms with van der Waals surface area (Å²) in [6.45, 7) is 4.05. The van der Waals surface area contributed by atoms with Crippen molar-refractivity contribution in [2.75, 3.05) is 12.8 Å². The van der Waals surface area contributed by atoms with Crippen LogP contribution in [0.25, 0.3) is 16.9 Å². The maximum absolute atomic E-state index is 6.23. The smallest absolute Gasteiger partial charge is 0.142 e. The van der Waals surface area contributed by atoms with Gasteiger partial charge in [-0.05, 0) is 49.2 Å². The van der Waals surface area contributed by atoms with Crippen LogP contribution in [0.4, 0.5) is 5.82 Å². The zero-order chi connectivity index (χ0) is 14.3. The lowest BCUT2D eigenvalue weighted by Crippen LogP contribution is -1.95. The predicted molar refractivity (Wildman–Crippen MR) is 81.1 cm³/mol. The van der Waals surface area contributed by atoms with Crippen molar-refractivity contribution in [3.63, 3.8) is 0 Å². The van der Waals surface area contributed by atoms with Crippen LogP contribution in [0.3, 0.4) is 0 Å². The van der Waals surface area contributed by atoms with Gasteiger partial charge in [-0.2, -0.15) is 0 Å². The Balaban J connectivity index is 2.22. The second-order valence-electron chi connectivity index (χ2n) is 4.91. The Labute approximate surface area is 117 Å². The average Bonchev–Trinajstić information content (AvgIpc) is 2.78. The van der Waals surface area contributed by atoms with Crippen LogP contribution in [0.5, 0.6) is 5.75 Å². The highest BCUT2D eigenvalue weighted by Crippen LogP contribution is 2.30. The van der Waals surface area contributed by atoms with Gasteiger partial charge in [0.05, 0.1) is 7.11 Å². The van der Waals surface area contributed by atoms with Gasteiger partial charge in [0.2, 0.25) is 0 Å². The minimum Gasteiger partial charge on any atom is -0.496 e. The van der Waals surface area contributed by atoms with Gasteiger partial charge in [-0.15, -0.1) is 0 Å². The van der Waals surface area contributed by atoms with Gasteiger partial charge in [-0.3, -0.25) is 4.40 Å². The maximum Gasteiger partial charge on any atom is 0.142 e. The number of pyridine rings is 1. The number of imidazole rings is 1. The lowest BCUT2D eigenvalue weighted by molar-refractivity contribution is 0.412. The molecular formula is C16H17N3O. The highest BCUT2D eigenvalue weighted by molar-refractivity contribution is 5.76. The van der Waals surface area contributed by atoms with Gasteiger partial charge >= 0.3 is 0 Å². The molecule has 4 nitrogen and oxygen atoms in total. The maximum atomic E-state index is 6.23. The third-order valence-corrected chi connectivity index (χ3v) is 3.55. The molecule has 0 unspecified atom stereocenters. The summed E-state index contributed by atoms with van der Waals surface area (Å²) < 4.78 is 7.21. The fourth-order valence-corrected chi connectivity index (χ4v) is 2.46. The van der Waals surface area contributed by atoms with Crippen LogP contribution in [0, 0.1) is 13.8 Å². The van der Waals surface area contributed by atoms with E-state index in [1.54, 1.807) is 7.11 Å². The fraction of sp³-hybridized carbons (Fsp3) is 0.188. The molecule has 0 spiro atoms. The van der Waals surface area contributed by atoms with Gasteiger partial charge in [0.1, 0.15) is 22.9 Å². The zero-order valence-corrected chi connectivity index (χ0v) is 11.8. The SMILES string of the molecule is COc1ccc(-c2nc3c(C)cccn3c2N)cc1C. The first-order chi connectivity index (χ1) is 9.61. The molecule has 0 bridgehead atoms. The number of fused-ring (bicyclic) bond motifs is 1. The molecule has 2 heterocycles. The molecule has 3 rings (SSSR count). The molecule has 4 heteroatoms. The van der Waals surface area contributed by atoms with Gasteiger partial charge in [-0.25, -0.2) is 4.98 Å². The second kappa shape index (κ2) is 4.56. The van der Waals surface area contributed by atoms with Crippen molar-refractivity contribution in [2.24, 2.45) is 0 Å². The van der Waals surface area contributed by atoms with E-state index in [2.05, 4.69) is 4.98 Å². The van der Waals surface area contributed by atoms with Gasteiger partial charge in [0.25, 0.3) is 0 Å². The van der Waals surface area contributed by atoms with Gasteiger partial charge in [0, 0.05) is 11.8 Å². The molecule has 102 valence electrons. The topological polar surface area (TPSA) is 52.5 Å². The van der Waals surface area contributed by atoms with E-state index >= 15 is 0 Å². The van der Waals surface area contributed by atoms with Crippen molar-refractivity contribution in [3.05, 3.63) is 47.7 Å². The van der Waals surface area contributed by atoms with E-state index in [9.17, 15) is 0 Å².